The monoisotopic (exact) mass is 463 g/mol. The number of nitrogens with zero attached hydrogens (tertiary/aromatic N) is 3. The molecule has 0 bridgehead atoms. The molecule has 1 heterocycles. The molecule has 0 spiro atoms. The summed E-state index contributed by atoms with van der Waals surface area (Å²) in [6.45, 7) is 0. The summed E-state index contributed by atoms with van der Waals surface area (Å²) in [6, 6.07) is 9.21. The van der Waals surface area contributed by atoms with E-state index < -0.39 is 23.4 Å². The highest BCUT2D eigenvalue weighted by molar-refractivity contribution is 8.18. The summed E-state index contributed by atoms with van der Waals surface area (Å²) < 4.78 is 51.0. The molecule has 1 aliphatic rings. The molecule has 11 heteroatoms. The van der Waals surface area contributed by atoms with E-state index in [4.69, 9.17) is 19.6 Å². The third-order valence-corrected chi connectivity index (χ3v) is 5.32. The highest BCUT2D eigenvalue weighted by Gasteiger charge is 2.35. The molecule has 0 N–H and O–H groups in total. The number of aliphatic imine (C=N–C) groups is 1. The molecule has 7 nitrogen and oxygen atoms in total. The van der Waals surface area contributed by atoms with Gasteiger partial charge in [0.1, 0.15) is 5.75 Å². The van der Waals surface area contributed by atoms with Gasteiger partial charge in [-0.2, -0.15) is 23.4 Å². The fourth-order valence-corrected chi connectivity index (χ4v) is 3.51. The predicted octanol–water partition coefficient (Wildman–Crippen LogP) is 4.84. The van der Waals surface area contributed by atoms with Crippen LogP contribution in [0.2, 0.25) is 0 Å². The Morgan fingerprint density at radius 1 is 1.12 bits per heavy atom. The van der Waals surface area contributed by atoms with Crippen molar-refractivity contribution in [3.63, 3.8) is 0 Å². The highest BCUT2D eigenvalue weighted by atomic mass is 32.2. The molecule has 0 radical (unpaired) electrons. The number of benzene rings is 2. The van der Waals surface area contributed by atoms with Crippen LogP contribution in [-0.2, 0) is 15.8 Å². The number of hydrogen-bond acceptors (Lipinski definition) is 7. The van der Waals surface area contributed by atoms with Gasteiger partial charge in [-0.15, -0.1) is 0 Å². The van der Waals surface area contributed by atoms with E-state index >= 15 is 0 Å². The molecule has 1 amide bonds. The molecule has 0 aliphatic carbocycles. The van der Waals surface area contributed by atoms with Crippen molar-refractivity contribution in [1.82, 2.24) is 5.06 Å². The lowest BCUT2D eigenvalue weighted by atomic mass is 10.1. The Hall–Kier alpha value is -3.49. The highest BCUT2D eigenvalue weighted by Crippen LogP contribution is 2.41. The smallest absolute Gasteiger partial charge is 0.420 e. The van der Waals surface area contributed by atoms with Gasteiger partial charge in [0.15, 0.2) is 16.7 Å². The Balaban J connectivity index is 1.90. The van der Waals surface area contributed by atoms with Crippen molar-refractivity contribution in [2.45, 2.75) is 6.18 Å². The lowest BCUT2D eigenvalue weighted by molar-refractivity contribution is -0.138. The molecule has 0 fully saturated rings. The molecule has 166 valence electrons. The molecule has 0 saturated carbocycles. The first kappa shape index (κ1) is 23.2. The second-order valence-electron chi connectivity index (χ2n) is 6.32. The van der Waals surface area contributed by atoms with E-state index in [2.05, 4.69) is 4.99 Å². The topological polar surface area (TPSA) is 84.2 Å². The van der Waals surface area contributed by atoms with E-state index in [1.807, 2.05) is 0 Å². The summed E-state index contributed by atoms with van der Waals surface area (Å²) in [5.41, 5.74) is -0.666. The molecule has 32 heavy (non-hydrogen) atoms. The fraction of sp³-hybridized carbons (Fsp3) is 0.190. The van der Waals surface area contributed by atoms with Crippen LogP contribution in [0, 0.1) is 11.3 Å². The normalized spacial score (nSPS) is 14.8. The third kappa shape index (κ3) is 5.04. The molecule has 2 aromatic rings. The van der Waals surface area contributed by atoms with Crippen molar-refractivity contribution < 1.29 is 32.3 Å². The van der Waals surface area contributed by atoms with Crippen molar-refractivity contribution in [3.05, 3.63) is 58.0 Å². The summed E-state index contributed by atoms with van der Waals surface area (Å²) in [7, 11) is 4.39. The van der Waals surface area contributed by atoms with E-state index in [0.29, 0.717) is 15.6 Å². The molecular weight excluding hydrogens is 447 g/mol. The minimum atomic E-state index is -4.72. The average Bonchev–Trinajstić information content (AvgIpc) is 3.13. The molecule has 3 rings (SSSR count). The zero-order valence-electron chi connectivity index (χ0n) is 17.1. The van der Waals surface area contributed by atoms with Gasteiger partial charge in [0, 0.05) is 7.05 Å². The van der Waals surface area contributed by atoms with Gasteiger partial charge in [-0.25, -0.2) is 5.06 Å². The second kappa shape index (κ2) is 9.33. The number of amides is 1. The largest absolute Gasteiger partial charge is 0.493 e. The number of hydroxylamine groups is 2. The van der Waals surface area contributed by atoms with E-state index in [0.717, 1.165) is 23.9 Å². The van der Waals surface area contributed by atoms with E-state index in [1.165, 1.54) is 37.5 Å². The standard InChI is InChI=1S/C21H16F3N3O4S/c1-27(30-3)20-26-19(28)18(32-20)10-12-4-7-16(17(9-12)29-2)31-15-6-5-13(11-25)8-14(15)21(22,23)24/h4-10H,1-3H3/b18-10+. The van der Waals surface area contributed by atoms with Crippen LogP contribution in [0.25, 0.3) is 6.08 Å². The number of carbonyl (C=O) groups is 1. The number of hydrogen-bond donors (Lipinski definition) is 0. The van der Waals surface area contributed by atoms with Gasteiger partial charge < -0.3 is 9.47 Å². The summed E-state index contributed by atoms with van der Waals surface area (Å²) >= 11 is 1.11. The lowest BCUT2D eigenvalue weighted by Crippen LogP contribution is -2.21. The maximum absolute atomic E-state index is 13.4. The van der Waals surface area contributed by atoms with Crippen molar-refractivity contribution in [2.75, 3.05) is 21.3 Å². The maximum atomic E-state index is 13.4. The van der Waals surface area contributed by atoms with Gasteiger partial charge in [-0.1, -0.05) is 6.07 Å². The third-order valence-electron chi connectivity index (χ3n) is 4.27. The number of halogens is 3. The summed E-state index contributed by atoms with van der Waals surface area (Å²) in [6.07, 6.45) is -3.14. The van der Waals surface area contributed by atoms with Crippen molar-refractivity contribution >= 4 is 28.9 Å². The van der Waals surface area contributed by atoms with Crippen LogP contribution in [-0.4, -0.2) is 37.4 Å². The minimum absolute atomic E-state index is 0.0336. The van der Waals surface area contributed by atoms with Gasteiger partial charge in [-0.05, 0) is 53.7 Å². The zero-order chi connectivity index (χ0) is 23.5. The molecule has 1 aliphatic heterocycles. The Labute approximate surface area is 185 Å². The number of methoxy groups -OCH3 is 1. The van der Waals surface area contributed by atoms with Gasteiger partial charge in [0.25, 0.3) is 5.91 Å². The van der Waals surface area contributed by atoms with Gasteiger partial charge in [-0.3, -0.25) is 9.63 Å². The van der Waals surface area contributed by atoms with Crippen LogP contribution in [0.1, 0.15) is 16.7 Å². The quantitative estimate of drug-likeness (QED) is 0.463. The number of thioether (sulfide) groups is 1. The van der Waals surface area contributed by atoms with Crippen molar-refractivity contribution in [1.29, 1.82) is 5.26 Å². The van der Waals surface area contributed by atoms with Gasteiger partial charge >= 0.3 is 6.18 Å². The molecule has 0 unspecified atom stereocenters. The SMILES string of the molecule is COc1cc(/C=C2/SC(N(C)OC)=NC2=O)ccc1Oc1ccc(C#N)cc1C(F)(F)F. The fourth-order valence-electron chi connectivity index (χ4n) is 2.65. The van der Waals surface area contributed by atoms with Crippen molar-refractivity contribution in [2.24, 2.45) is 4.99 Å². The maximum Gasteiger partial charge on any atom is 0.420 e. The van der Waals surface area contributed by atoms with Crippen LogP contribution < -0.4 is 9.47 Å². The summed E-state index contributed by atoms with van der Waals surface area (Å²) in [5, 5.41) is 10.6. The number of ether oxygens (including phenoxy) is 2. The number of nitriles is 1. The minimum Gasteiger partial charge on any atom is -0.493 e. The lowest BCUT2D eigenvalue weighted by Gasteiger charge is -2.16. The Kier molecular flexibility index (Phi) is 6.76. The predicted molar refractivity (Wildman–Crippen MR) is 112 cm³/mol. The number of amidine groups is 1. The molecule has 2 aromatic carbocycles. The van der Waals surface area contributed by atoms with Crippen molar-refractivity contribution in [3.8, 4) is 23.3 Å². The van der Waals surface area contributed by atoms with Gasteiger partial charge in [0.2, 0.25) is 0 Å². The average molecular weight is 463 g/mol. The number of rotatable bonds is 5. The molecule has 0 atom stereocenters. The van der Waals surface area contributed by atoms with Crippen LogP contribution in [0.15, 0.2) is 46.3 Å². The zero-order valence-corrected chi connectivity index (χ0v) is 17.9. The van der Waals surface area contributed by atoms with Gasteiger partial charge in [0.05, 0.1) is 36.3 Å². The Bertz CT molecular complexity index is 1160. The number of carbonyl (C=O) groups excluding carboxylic acids is 1. The van der Waals surface area contributed by atoms with E-state index in [1.54, 1.807) is 25.3 Å². The summed E-state index contributed by atoms with van der Waals surface area (Å²) in [4.78, 5) is 21.3. The second-order valence-corrected chi connectivity index (χ2v) is 7.33. The first-order valence-electron chi connectivity index (χ1n) is 8.94. The van der Waals surface area contributed by atoms with Crippen LogP contribution in [0.4, 0.5) is 13.2 Å². The number of alkyl halides is 3. The molecule has 0 aromatic heterocycles. The summed E-state index contributed by atoms with van der Waals surface area (Å²) in [5.74, 6) is -0.725. The van der Waals surface area contributed by atoms with E-state index in [9.17, 15) is 18.0 Å². The van der Waals surface area contributed by atoms with E-state index in [-0.39, 0.29) is 17.1 Å². The van der Waals surface area contributed by atoms with Crippen LogP contribution in [0.3, 0.4) is 0 Å². The van der Waals surface area contributed by atoms with Crippen LogP contribution in [0.5, 0.6) is 17.2 Å². The molecular formula is C21H16F3N3O4S. The first-order chi connectivity index (χ1) is 15.2. The van der Waals surface area contributed by atoms with Crippen LogP contribution >= 0.6 is 11.8 Å². The Morgan fingerprint density at radius 2 is 1.84 bits per heavy atom. The molecule has 0 saturated heterocycles. The first-order valence-corrected chi connectivity index (χ1v) is 9.75. The Morgan fingerprint density at radius 3 is 2.47 bits per heavy atom.